The Labute approximate surface area is 106 Å². The van der Waals surface area contributed by atoms with Gasteiger partial charge >= 0.3 is 5.97 Å². The smallest absolute Gasteiger partial charge is 0.326 e. The number of carbonyl (C=O) groups is 2. The maximum absolute atomic E-state index is 11.9. The maximum atomic E-state index is 11.9. The molecule has 0 saturated heterocycles. The third kappa shape index (κ3) is 4.81. The van der Waals surface area contributed by atoms with Gasteiger partial charge in [-0.1, -0.05) is 12.2 Å². The molecule has 1 aliphatic rings. The number of carboxylic acids is 1. The highest BCUT2D eigenvalue weighted by Crippen LogP contribution is 2.18. The normalized spacial score (nSPS) is 20.9. The summed E-state index contributed by atoms with van der Waals surface area (Å²) in [5.74, 6) is -0.389. The van der Waals surface area contributed by atoms with Crippen molar-refractivity contribution in [2.45, 2.75) is 31.7 Å². The minimum Gasteiger partial charge on any atom is -0.480 e. The van der Waals surface area contributed by atoms with Gasteiger partial charge in [-0.15, -0.1) is 0 Å². The van der Waals surface area contributed by atoms with Gasteiger partial charge in [0.15, 0.2) is 0 Å². The monoisotopic (exact) mass is 257 g/mol. The third-order valence-corrected chi connectivity index (χ3v) is 3.51. The predicted octanol–water partition coefficient (Wildman–Crippen LogP) is 1.67. The van der Waals surface area contributed by atoms with Gasteiger partial charge in [0.05, 0.1) is 0 Å². The Balaban J connectivity index is 2.45. The lowest BCUT2D eigenvalue weighted by Gasteiger charge is -2.20. The van der Waals surface area contributed by atoms with Crippen LogP contribution in [-0.4, -0.2) is 35.0 Å². The number of allylic oxidation sites excluding steroid dienone is 2. The number of carboxylic acid groups (broad SMARTS) is 1. The van der Waals surface area contributed by atoms with Gasteiger partial charge < -0.3 is 10.4 Å². The first-order valence-corrected chi connectivity index (χ1v) is 7.21. The minimum atomic E-state index is -0.946. The zero-order valence-electron chi connectivity index (χ0n) is 10.0. The Morgan fingerprint density at radius 2 is 2.29 bits per heavy atom. The van der Waals surface area contributed by atoms with Crippen LogP contribution in [0.3, 0.4) is 0 Å². The van der Waals surface area contributed by atoms with Crippen molar-refractivity contribution in [1.82, 2.24) is 5.32 Å². The van der Waals surface area contributed by atoms with E-state index in [2.05, 4.69) is 11.4 Å². The van der Waals surface area contributed by atoms with E-state index in [1.54, 1.807) is 11.8 Å². The molecule has 5 heteroatoms. The van der Waals surface area contributed by atoms with Crippen LogP contribution in [0.4, 0.5) is 0 Å². The van der Waals surface area contributed by atoms with Crippen LogP contribution >= 0.6 is 11.8 Å². The molecule has 0 heterocycles. The van der Waals surface area contributed by atoms with E-state index in [1.807, 2.05) is 12.3 Å². The van der Waals surface area contributed by atoms with Crippen molar-refractivity contribution in [3.8, 4) is 0 Å². The van der Waals surface area contributed by atoms with Gasteiger partial charge in [-0.25, -0.2) is 4.79 Å². The second kappa shape index (κ2) is 7.37. The van der Waals surface area contributed by atoms with Crippen molar-refractivity contribution < 1.29 is 14.7 Å². The van der Waals surface area contributed by atoms with E-state index in [-0.39, 0.29) is 11.8 Å². The first-order chi connectivity index (χ1) is 8.15. The van der Waals surface area contributed by atoms with E-state index in [0.29, 0.717) is 6.42 Å². The van der Waals surface area contributed by atoms with Crippen molar-refractivity contribution in [3.63, 3.8) is 0 Å². The molecule has 2 atom stereocenters. The van der Waals surface area contributed by atoms with E-state index >= 15 is 0 Å². The Kier molecular flexibility index (Phi) is 6.11. The van der Waals surface area contributed by atoms with E-state index < -0.39 is 12.0 Å². The van der Waals surface area contributed by atoms with Crippen LogP contribution < -0.4 is 5.32 Å². The van der Waals surface area contributed by atoms with Crippen molar-refractivity contribution in [2.24, 2.45) is 5.92 Å². The summed E-state index contributed by atoms with van der Waals surface area (Å²) in [7, 11) is 0. The lowest BCUT2D eigenvalue weighted by atomic mass is 9.93. The molecule has 2 unspecified atom stereocenters. The third-order valence-electron chi connectivity index (χ3n) is 2.87. The average Bonchev–Trinajstić information content (AvgIpc) is 2.35. The maximum Gasteiger partial charge on any atom is 0.326 e. The largest absolute Gasteiger partial charge is 0.480 e. The molecule has 1 aliphatic carbocycles. The van der Waals surface area contributed by atoms with Crippen LogP contribution in [0.1, 0.15) is 25.7 Å². The van der Waals surface area contributed by atoms with Crippen molar-refractivity contribution in [2.75, 3.05) is 12.0 Å². The molecule has 0 aromatic carbocycles. The molecule has 0 spiro atoms. The number of carbonyl (C=O) groups excluding carboxylic acids is 1. The molecule has 4 nitrogen and oxygen atoms in total. The quantitative estimate of drug-likeness (QED) is 0.710. The molecule has 96 valence electrons. The molecular weight excluding hydrogens is 238 g/mol. The molecule has 0 fully saturated rings. The molecule has 1 amide bonds. The van der Waals surface area contributed by atoms with Crippen molar-refractivity contribution in [3.05, 3.63) is 12.2 Å². The fraction of sp³-hybridized carbons (Fsp3) is 0.667. The van der Waals surface area contributed by atoms with Crippen LogP contribution in [0.25, 0.3) is 0 Å². The molecular formula is C12H19NO3S. The summed E-state index contributed by atoms with van der Waals surface area (Å²) in [4.78, 5) is 22.8. The summed E-state index contributed by atoms with van der Waals surface area (Å²) in [5.41, 5.74) is 0. The van der Waals surface area contributed by atoms with Crippen molar-refractivity contribution >= 4 is 23.6 Å². The zero-order valence-corrected chi connectivity index (χ0v) is 10.8. The fourth-order valence-corrected chi connectivity index (χ4v) is 2.29. The number of thioether (sulfide) groups is 1. The lowest BCUT2D eigenvalue weighted by molar-refractivity contribution is -0.142. The average molecular weight is 257 g/mol. The summed E-state index contributed by atoms with van der Waals surface area (Å²) in [6.45, 7) is 0. The topological polar surface area (TPSA) is 66.4 Å². The molecule has 0 aliphatic heterocycles. The number of hydrogen-bond donors (Lipinski definition) is 2. The Morgan fingerprint density at radius 1 is 1.53 bits per heavy atom. The van der Waals surface area contributed by atoms with Gasteiger partial charge in [0.2, 0.25) is 5.91 Å². The van der Waals surface area contributed by atoms with Crippen molar-refractivity contribution in [1.29, 1.82) is 0 Å². The standard InChI is InChI=1S/C12H19NO3S/c1-17-8-7-10(12(15)16)13-11(14)9-5-3-2-4-6-9/h2-3,9-10H,4-8H2,1H3,(H,13,14)(H,15,16). The van der Waals surface area contributed by atoms with Gasteiger partial charge in [0.1, 0.15) is 6.04 Å². The van der Waals surface area contributed by atoms with E-state index in [0.717, 1.165) is 25.0 Å². The van der Waals surface area contributed by atoms with Gasteiger partial charge in [0.25, 0.3) is 0 Å². The summed E-state index contributed by atoms with van der Waals surface area (Å²) in [6.07, 6.45) is 8.90. The molecule has 2 N–H and O–H groups in total. The minimum absolute atomic E-state index is 0.0591. The first-order valence-electron chi connectivity index (χ1n) is 5.82. The summed E-state index contributed by atoms with van der Waals surface area (Å²) >= 11 is 1.58. The molecule has 0 aromatic rings. The van der Waals surface area contributed by atoms with E-state index in [1.165, 1.54) is 0 Å². The predicted molar refractivity (Wildman–Crippen MR) is 69.0 cm³/mol. The van der Waals surface area contributed by atoms with Gasteiger partial charge in [0, 0.05) is 5.92 Å². The SMILES string of the molecule is CSCCC(NC(=O)C1CC=CCC1)C(=O)O. The van der Waals surface area contributed by atoms with Crippen LogP contribution in [0, 0.1) is 5.92 Å². The zero-order chi connectivity index (χ0) is 12.7. The number of hydrogen-bond acceptors (Lipinski definition) is 3. The molecule has 0 bridgehead atoms. The second-order valence-electron chi connectivity index (χ2n) is 4.16. The summed E-state index contributed by atoms with van der Waals surface area (Å²) < 4.78 is 0. The molecule has 1 rings (SSSR count). The van der Waals surface area contributed by atoms with Gasteiger partial charge in [-0.2, -0.15) is 11.8 Å². The Bertz CT molecular complexity index is 304. The van der Waals surface area contributed by atoms with Crippen LogP contribution in [-0.2, 0) is 9.59 Å². The number of aliphatic carboxylic acids is 1. The van der Waals surface area contributed by atoms with Gasteiger partial charge in [-0.3, -0.25) is 4.79 Å². The summed E-state index contributed by atoms with van der Waals surface area (Å²) in [5, 5.41) is 11.6. The Morgan fingerprint density at radius 3 is 2.82 bits per heavy atom. The van der Waals surface area contributed by atoms with E-state index in [9.17, 15) is 9.59 Å². The number of amides is 1. The highest BCUT2D eigenvalue weighted by Gasteiger charge is 2.24. The number of rotatable bonds is 6. The number of nitrogens with one attached hydrogen (secondary N) is 1. The second-order valence-corrected chi connectivity index (χ2v) is 5.15. The first kappa shape index (κ1) is 14.1. The van der Waals surface area contributed by atoms with Crippen LogP contribution in [0.15, 0.2) is 12.2 Å². The fourth-order valence-electron chi connectivity index (χ4n) is 1.81. The highest BCUT2D eigenvalue weighted by molar-refractivity contribution is 7.98. The van der Waals surface area contributed by atoms with Gasteiger partial charge in [-0.05, 0) is 37.7 Å². The highest BCUT2D eigenvalue weighted by atomic mass is 32.2. The van der Waals surface area contributed by atoms with E-state index in [4.69, 9.17) is 5.11 Å². The van der Waals surface area contributed by atoms with Crippen LogP contribution in [0.2, 0.25) is 0 Å². The molecule has 0 aromatic heterocycles. The lowest BCUT2D eigenvalue weighted by Crippen LogP contribution is -2.44. The summed E-state index contributed by atoms with van der Waals surface area (Å²) in [6, 6.07) is -0.749. The molecule has 0 saturated carbocycles. The molecule has 17 heavy (non-hydrogen) atoms. The molecule has 0 radical (unpaired) electrons. The van der Waals surface area contributed by atoms with Crippen LogP contribution in [0.5, 0.6) is 0 Å². The Hall–Kier alpha value is -0.970.